The molecule has 0 saturated carbocycles. The van der Waals surface area contributed by atoms with Crippen molar-refractivity contribution in [1.29, 1.82) is 0 Å². The fraction of sp³-hybridized carbons (Fsp3) is 0.294. The maximum absolute atomic E-state index is 13.0. The first-order valence-corrected chi connectivity index (χ1v) is 11.2. The summed E-state index contributed by atoms with van der Waals surface area (Å²) in [6.45, 7) is 2.24. The molecule has 0 saturated heterocycles. The minimum atomic E-state index is -3.85. The van der Waals surface area contributed by atoms with Gasteiger partial charge in [0.2, 0.25) is 10.0 Å². The largest absolute Gasteiger partial charge is 0.280 e. The molecular formula is C17H19FN2O4S2. The van der Waals surface area contributed by atoms with Crippen molar-refractivity contribution >= 4 is 25.7 Å². The van der Waals surface area contributed by atoms with E-state index in [-0.39, 0.29) is 17.2 Å². The van der Waals surface area contributed by atoms with Gasteiger partial charge in [-0.3, -0.25) is 4.72 Å². The molecule has 3 rings (SSSR count). The highest BCUT2D eigenvalue weighted by Gasteiger charge is 2.25. The zero-order valence-electron chi connectivity index (χ0n) is 14.1. The van der Waals surface area contributed by atoms with Crippen molar-refractivity contribution in [3.63, 3.8) is 0 Å². The standard InChI is InChI=1S/C17H19FN2O4S2/c1-2-25(21,22)20-10-9-13-3-6-16(11-14(13)12-20)19-26(23,24)17-7-4-15(18)5-8-17/h3-8,11,19H,2,9-10,12H2,1H3. The Labute approximate surface area is 152 Å². The molecule has 0 aliphatic carbocycles. The fourth-order valence-corrected chi connectivity index (χ4v) is 4.96. The van der Waals surface area contributed by atoms with Crippen molar-refractivity contribution in [3.05, 3.63) is 59.4 Å². The van der Waals surface area contributed by atoms with Crippen LogP contribution in [0, 0.1) is 5.82 Å². The summed E-state index contributed by atoms with van der Waals surface area (Å²) in [5.41, 5.74) is 2.11. The maximum atomic E-state index is 13.0. The summed E-state index contributed by atoms with van der Waals surface area (Å²) < 4.78 is 65.8. The van der Waals surface area contributed by atoms with E-state index in [1.54, 1.807) is 25.1 Å². The lowest BCUT2D eigenvalue weighted by molar-refractivity contribution is 0.392. The van der Waals surface area contributed by atoms with E-state index >= 15 is 0 Å². The Hall–Kier alpha value is -1.97. The summed E-state index contributed by atoms with van der Waals surface area (Å²) in [5.74, 6) is -0.492. The molecule has 1 N–H and O–H groups in total. The number of benzene rings is 2. The number of halogens is 1. The Morgan fingerprint density at radius 1 is 1.04 bits per heavy atom. The first-order valence-electron chi connectivity index (χ1n) is 8.09. The Bertz CT molecular complexity index is 1020. The van der Waals surface area contributed by atoms with Crippen LogP contribution in [0.5, 0.6) is 0 Å². The third-order valence-electron chi connectivity index (χ3n) is 4.32. The number of anilines is 1. The van der Waals surface area contributed by atoms with Crippen molar-refractivity contribution in [2.45, 2.75) is 24.8 Å². The normalized spacial score (nSPS) is 15.5. The average Bonchev–Trinajstić information content (AvgIpc) is 2.61. The van der Waals surface area contributed by atoms with Gasteiger partial charge >= 0.3 is 0 Å². The number of sulfonamides is 2. The van der Waals surface area contributed by atoms with Crippen molar-refractivity contribution in [2.75, 3.05) is 17.0 Å². The van der Waals surface area contributed by atoms with E-state index in [0.717, 1.165) is 23.3 Å². The van der Waals surface area contributed by atoms with Crippen LogP contribution in [0.2, 0.25) is 0 Å². The van der Waals surface area contributed by atoms with E-state index in [2.05, 4.69) is 4.72 Å². The molecule has 2 aromatic rings. The lowest BCUT2D eigenvalue weighted by Crippen LogP contribution is -2.36. The summed E-state index contributed by atoms with van der Waals surface area (Å²) in [7, 11) is -7.15. The van der Waals surface area contributed by atoms with Crippen LogP contribution in [0.3, 0.4) is 0 Å². The van der Waals surface area contributed by atoms with E-state index in [0.29, 0.717) is 18.7 Å². The summed E-state index contributed by atoms with van der Waals surface area (Å²) >= 11 is 0. The van der Waals surface area contributed by atoms with Crippen molar-refractivity contribution in [2.24, 2.45) is 0 Å². The van der Waals surface area contributed by atoms with E-state index in [1.807, 2.05) is 0 Å². The summed E-state index contributed by atoms with van der Waals surface area (Å²) in [4.78, 5) is -0.0493. The highest BCUT2D eigenvalue weighted by atomic mass is 32.2. The van der Waals surface area contributed by atoms with E-state index in [4.69, 9.17) is 0 Å². The number of rotatable bonds is 5. The van der Waals surface area contributed by atoms with Crippen molar-refractivity contribution in [1.82, 2.24) is 4.31 Å². The second kappa shape index (κ2) is 6.98. The van der Waals surface area contributed by atoms with Crippen molar-refractivity contribution < 1.29 is 21.2 Å². The third-order valence-corrected chi connectivity index (χ3v) is 7.54. The molecule has 2 aromatic carbocycles. The van der Waals surface area contributed by atoms with Crippen LogP contribution in [-0.2, 0) is 33.0 Å². The minimum absolute atomic E-state index is 0.0270. The van der Waals surface area contributed by atoms with Gasteiger partial charge in [-0.05, 0) is 60.9 Å². The Kier molecular flexibility index (Phi) is 5.05. The van der Waals surface area contributed by atoms with Gasteiger partial charge < -0.3 is 0 Å². The van der Waals surface area contributed by atoms with Crippen LogP contribution in [0.15, 0.2) is 47.4 Å². The van der Waals surface area contributed by atoms with Crippen LogP contribution >= 0.6 is 0 Å². The zero-order valence-corrected chi connectivity index (χ0v) is 15.8. The van der Waals surface area contributed by atoms with Gasteiger partial charge in [0.15, 0.2) is 0 Å². The molecule has 0 aromatic heterocycles. The van der Waals surface area contributed by atoms with Gasteiger partial charge in [0, 0.05) is 18.8 Å². The second-order valence-electron chi connectivity index (χ2n) is 6.03. The average molecular weight is 398 g/mol. The molecule has 6 nitrogen and oxygen atoms in total. The smallest absolute Gasteiger partial charge is 0.261 e. The first kappa shape index (κ1) is 18.8. The Morgan fingerprint density at radius 3 is 2.38 bits per heavy atom. The van der Waals surface area contributed by atoms with Crippen LogP contribution in [-0.4, -0.2) is 33.4 Å². The summed E-state index contributed by atoms with van der Waals surface area (Å²) in [5, 5.41) is 0. The number of hydrogen-bond donors (Lipinski definition) is 1. The molecule has 1 aliphatic rings. The quantitative estimate of drug-likeness (QED) is 0.838. The highest BCUT2D eigenvalue weighted by molar-refractivity contribution is 7.92. The molecule has 0 atom stereocenters. The monoisotopic (exact) mass is 398 g/mol. The lowest BCUT2D eigenvalue weighted by atomic mass is 10.0. The molecule has 1 heterocycles. The maximum Gasteiger partial charge on any atom is 0.261 e. The zero-order chi connectivity index (χ0) is 18.9. The third kappa shape index (κ3) is 3.89. The number of nitrogens with zero attached hydrogens (tertiary/aromatic N) is 1. The molecule has 0 amide bonds. The molecule has 0 unspecified atom stereocenters. The minimum Gasteiger partial charge on any atom is -0.280 e. The van der Waals surface area contributed by atoms with Crippen LogP contribution in [0.4, 0.5) is 10.1 Å². The second-order valence-corrected chi connectivity index (χ2v) is 9.97. The molecule has 0 fully saturated rings. The first-order chi connectivity index (χ1) is 12.2. The fourth-order valence-electron chi connectivity index (χ4n) is 2.84. The van der Waals surface area contributed by atoms with E-state index in [1.165, 1.54) is 16.4 Å². The van der Waals surface area contributed by atoms with Gasteiger partial charge in [-0.1, -0.05) is 6.07 Å². The highest BCUT2D eigenvalue weighted by Crippen LogP contribution is 2.26. The van der Waals surface area contributed by atoms with Gasteiger partial charge in [-0.25, -0.2) is 21.2 Å². The molecular weight excluding hydrogens is 379 g/mol. The van der Waals surface area contributed by atoms with Crippen LogP contribution < -0.4 is 4.72 Å². The number of nitrogens with one attached hydrogen (secondary N) is 1. The molecule has 0 spiro atoms. The topological polar surface area (TPSA) is 83.6 Å². The predicted octanol–water partition coefficient (Wildman–Crippen LogP) is 2.33. The number of fused-ring (bicyclic) bond motifs is 1. The lowest BCUT2D eigenvalue weighted by Gasteiger charge is -2.28. The number of hydrogen-bond acceptors (Lipinski definition) is 4. The summed E-state index contributed by atoms with van der Waals surface area (Å²) in [6.07, 6.45) is 0.583. The molecule has 9 heteroatoms. The van der Waals surface area contributed by atoms with E-state index in [9.17, 15) is 21.2 Å². The SMILES string of the molecule is CCS(=O)(=O)N1CCc2ccc(NS(=O)(=O)c3ccc(F)cc3)cc2C1. The Balaban J connectivity index is 1.85. The molecule has 1 aliphatic heterocycles. The molecule has 0 bridgehead atoms. The molecule has 26 heavy (non-hydrogen) atoms. The van der Waals surface area contributed by atoms with Crippen molar-refractivity contribution in [3.8, 4) is 0 Å². The van der Waals surface area contributed by atoms with Gasteiger partial charge in [0.1, 0.15) is 5.82 Å². The summed E-state index contributed by atoms with van der Waals surface area (Å²) in [6, 6.07) is 9.62. The van der Waals surface area contributed by atoms with Gasteiger partial charge in [-0.2, -0.15) is 4.31 Å². The van der Waals surface area contributed by atoms with Gasteiger partial charge in [0.05, 0.1) is 10.6 Å². The van der Waals surface area contributed by atoms with E-state index < -0.39 is 25.9 Å². The molecule has 140 valence electrons. The van der Waals surface area contributed by atoms with Crippen LogP contribution in [0.1, 0.15) is 18.1 Å². The van der Waals surface area contributed by atoms with Crippen LogP contribution in [0.25, 0.3) is 0 Å². The Morgan fingerprint density at radius 2 is 1.73 bits per heavy atom. The molecule has 0 radical (unpaired) electrons. The van der Waals surface area contributed by atoms with Gasteiger partial charge in [-0.15, -0.1) is 0 Å². The predicted molar refractivity (Wildman–Crippen MR) is 97.2 cm³/mol. The van der Waals surface area contributed by atoms with Gasteiger partial charge in [0.25, 0.3) is 10.0 Å².